The Labute approximate surface area is 293 Å². The van der Waals surface area contributed by atoms with E-state index in [0.717, 1.165) is 36.3 Å². The maximum Gasteiger partial charge on any atom is 0.416 e. The maximum atomic E-state index is 13.4. The van der Waals surface area contributed by atoms with Crippen LogP contribution in [0.15, 0.2) is 111 Å². The van der Waals surface area contributed by atoms with Gasteiger partial charge in [-0.15, -0.1) is 0 Å². The van der Waals surface area contributed by atoms with Crippen molar-refractivity contribution >= 4 is 47.0 Å². The molecule has 10 nitrogen and oxygen atoms in total. The Hall–Kier alpha value is -5.56. The monoisotopic (exact) mass is 714 g/mol. The standard InChI is InChI=1S/C28H26ClF3N4O6.2C4H6/c1-42-25(39)13-12-22(26(40)41)34-23(37)6-3-7-24(38)36(20-10-8-18(9-11-20)28(30,31)32)27-33-15-14-21(35-27)17-4-2-5-19(29)16-17;2*1-3-4-2/h2,4-5,8-11,14-16,22H,3,6-7,12-13H2,1H3,(H,34,37)(H,40,41);2*3-4H,1-2H2. The predicted octanol–water partition coefficient (Wildman–Crippen LogP) is 7.89. The summed E-state index contributed by atoms with van der Waals surface area (Å²) in [6.45, 7) is 13.4. The van der Waals surface area contributed by atoms with Gasteiger partial charge in [-0.3, -0.25) is 14.4 Å². The van der Waals surface area contributed by atoms with Crippen LogP contribution in [0.4, 0.5) is 24.8 Å². The molecule has 14 heteroatoms. The summed E-state index contributed by atoms with van der Waals surface area (Å²) >= 11 is 6.08. The minimum atomic E-state index is -4.59. The number of carbonyl (C=O) groups is 4. The molecule has 266 valence electrons. The van der Waals surface area contributed by atoms with Gasteiger partial charge in [0.25, 0.3) is 0 Å². The Morgan fingerprint density at radius 2 is 1.58 bits per heavy atom. The van der Waals surface area contributed by atoms with Gasteiger partial charge in [0.15, 0.2) is 0 Å². The molecule has 3 rings (SSSR count). The van der Waals surface area contributed by atoms with E-state index in [4.69, 9.17) is 11.6 Å². The first kappa shape index (κ1) is 42.5. The fourth-order valence-electron chi connectivity index (χ4n) is 3.84. The summed E-state index contributed by atoms with van der Waals surface area (Å²) in [4.78, 5) is 58.1. The zero-order chi connectivity index (χ0) is 37.7. The van der Waals surface area contributed by atoms with Crippen LogP contribution >= 0.6 is 11.6 Å². The van der Waals surface area contributed by atoms with E-state index in [1.807, 2.05) is 0 Å². The molecule has 0 saturated heterocycles. The largest absolute Gasteiger partial charge is 0.480 e. The fourth-order valence-corrected chi connectivity index (χ4v) is 4.03. The number of rotatable bonds is 14. The first-order valence-electron chi connectivity index (χ1n) is 14.9. The highest BCUT2D eigenvalue weighted by Gasteiger charge is 2.31. The van der Waals surface area contributed by atoms with Crippen LogP contribution in [-0.4, -0.2) is 52.0 Å². The lowest BCUT2D eigenvalue weighted by atomic mass is 10.1. The average Bonchev–Trinajstić information content (AvgIpc) is 3.10. The van der Waals surface area contributed by atoms with Crippen molar-refractivity contribution in [1.82, 2.24) is 15.3 Å². The number of benzene rings is 2. The van der Waals surface area contributed by atoms with Gasteiger partial charge < -0.3 is 15.2 Å². The molecule has 1 heterocycles. The first-order chi connectivity index (χ1) is 23.7. The average molecular weight is 715 g/mol. The van der Waals surface area contributed by atoms with Gasteiger partial charge in [0.2, 0.25) is 17.8 Å². The second kappa shape index (κ2) is 22.1. The van der Waals surface area contributed by atoms with Crippen molar-refractivity contribution in [2.75, 3.05) is 12.0 Å². The van der Waals surface area contributed by atoms with Crippen molar-refractivity contribution in [2.45, 2.75) is 44.3 Å². The number of carboxylic acid groups (broad SMARTS) is 1. The molecule has 0 saturated carbocycles. The van der Waals surface area contributed by atoms with Crippen LogP contribution in [0.2, 0.25) is 5.02 Å². The van der Waals surface area contributed by atoms with E-state index in [1.54, 1.807) is 54.6 Å². The Balaban J connectivity index is 0.00000141. The van der Waals surface area contributed by atoms with Crippen molar-refractivity contribution < 1.29 is 42.2 Å². The molecule has 3 aromatic rings. The van der Waals surface area contributed by atoms with Gasteiger partial charge in [-0.2, -0.15) is 13.2 Å². The van der Waals surface area contributed by atoms with Crippen molar-refractivity contribution in [3.8, 4) is 11.3 Å². The van der Waals surface area contributed by atoms with Crippen LogP contribution in [0.25, 0.3) is 11.3 Å². The Morgan fingerprint density at radius 3 is 2.10 bits per heavy atom. The van der Waals surface area contributed by atoms with Crippen LogP contribution in [0.5, 0.6) is 0 Å². The summed E-state index contributed by atoms with van der Waals surface area (Å²) < 4.78 is 43.9. The molecule has 0 aliphatic carbocycles. The Kier molecular flexibility index (Phi) is 18.8. The maximum absolute atomic E-state index is 13.4. The number of ether oxygens (including phenoxy) is 1. The molecule has 1 unspecified atom stereocenters. The third-order valence-electron chi connectivity index (χ3n) is 6.29. The summed E-state index contributed by atoms with van der Waals surface area (Å²) in [7, 11) is 1.15. The highest BCUT2D eigenvalue weighted by Crippen LogP contribution is 2.32. The number of alkyl halides is 3. The molecule has 2 N–H and O–H groups in total. The molecular weight excluding hydrogens is 677 g/mol. The lowest BCUT2D eigenvalue weighted by molar-refractivity contribution is -0.144. The number of halogens is 4. The molecule has 50 heavy (non-hydrogen) atoms. The molecule has 2 aromatic carbocycles. The third kappa shape index (κ3) is 15.1. The lowest BCUT2D eigenvalue weighted by Crippen LogP contribution is -2.41. The van der Waals surface area contributed by atoms with Gasteiger partial charge in [-0.05, 0) is 55.3 Å². The van der Waals surface area contributed by atoms with Crippen LogP contribution in [0.1, 0.15) is 37.7 Å². The molecule has 1 atom stereocenters. The van der Waals surface area contributed by atoms with E-state index in [1.165, 1.54) is 6.20 Å². The number of carboxylic acids is 1. The number of hydrogen-bond donors (Lipinski definition) is 2. The van der Waals surface area contributed by atoms with Crippen molar-refractivity contribution in [3.63, 3.8) is 0 Å². The van der Waals surface area contributed by atoms with Gasteiger partial charge in [0.1, 0.15) is 6.04 Å². The molecule has 0 radical (unpaired) electrons. The topological polar surface area (TPSA) is 139 Å². The number of carbonyl (C=O) groups excluding carboxylic acids is 3. The molecule has 0 bridgehead atoms. The SMILES string of the molecule is C=CC=C.C=CC=C.COC(=O)CCC(NC(=O)CCCC(=O)N(c1ccc(C(F)(F)F)cc1)c1nccc(-c2cccc(Cl)c2)n1)C(=O)O. The number of methoxy groups -OCH3 is 1. The Morgan fingerprint density at radius 1 is 0.960 bits per heavy atom. The molecule has 2 amide bonds. The van der Waals surface area contributed by atoms with Crippen LogP contribution in [0.3, 0.4) is 0 Å². The Bertz CT molecular complexity index is 1610. The van der Waals surface area contributed by atoms with Crippen molar-refractivity contribution in [1.29, 1.82) is 0 Å². The molecule has 0 fully saturated rings. The van der Waals surface area contributed by atoms with Gasteiger partial charge in [-0.1, -0.05) is 74.4 Å². The lowest BCUT2D eigenvalue weighted by Gasteiger charge is -2.22. The number of amides is 2. The second-order valence-corrected chi connectivity index (χ2v) is 10.3. The van der Waals surface area contributed by atoms with Crippen LogP contribution in [-0.2, 0) is 30.1 Å². The number of anilines is 2. The summed E-state index contributed by atoms with van der Waals surface area (Å²) in [6.07, 6.45) is 2.43. The number of nitrogens with one attached hydrogen (secondary N) is 1. The van der Waals surface area contributed by atoms with E-state index >= 15 is 0 Å². The number of esters is 1. The molecule has 1 aromatic heterocycles. The fraction of sp³-hybridized carbons (Fsp3) is 0.222. The van der Waals surface area contributed by atoms with Crippen molar-refractivity contribution in [3.05, 3.63) is 122 Å². The predicted molar refractivity (Wildman–Crippen MR) is 187 cm³/mol. The molecular formula is C36H38ClF3N4O6. The number of aliphatic carboxylic acids is 1. The van der Waals surface area contributed by atoms with Crippen LogP contribution in [0, 0.1) is 0 Å². The summed E-state index contributed by atoms with van der Waals surface area (Å²) in [5.41, 5.74) is 0.166. The summed E-state index contributed by atoms with van der Waals surface area (Å²) in [5, 5.41) is 12.1. The summed E-state index contributed by atoms with van der Waals surface area (Å²) in [5.74, 6) is -3.37. The zero-order valence-corrected chi connectivity index (χ0v) is 28.1. The summed E-state index contributed by atoms with van der Waals surface area (Å²) in [6, 6.07) is 10.9. The van der Waals surface area contributed by atoms with Gasteiger partial charge >= 0.3 is 18.1 Å². The zero-order valence-electron chi connectivity index (χ0n) is 27.4. The molecule has 0 aliphatic heterocycles. The highest BCUT2D eigenvalue weighted by atomic mass is 35.5. The second-order valence-electron chi connectivity index (χ2n) is 9.90. The number of aromatic nitrogens is 2. The van der Waals surface area contributed by atoms with E-state index in [2.05, 4.69) is 46.3 Å². The van der Waals surface area contributed by atoms with E-state index < -0.39 is 41.5 Å². The van der Waals surface area contributed by atoms with Crippen LogP contribution < -0.4 is 10.2 Å². The third-order valence-corrected chi connectivity index (χ3v) is 6.53. The van der Waals surface area contributed by atoms with E-state index in [-0.39, 0.29) is 43.7 Å². The number of allylic oxidation sites excluding steroid dienone is 4. The number of hydrogen-bond acceptors (Lipinski definition) is 7. The van der Waals surface area contributed by atoms with E-state index in [0.29, 0.717) is 16.3 Å². The van der Waals surface area contributed by atoms with Gasteiger partial charge in [0.05, 0.1) is 24.1 Å². The van der Waals surface area contributed by atoms with E-state index in [9.17, 15) is 37.5 Å². The first-order valence-corrected chi connectivity index (χ1v) is 15.2. The van der Waals surface area contributed by atoms with Gasteiger partial charge in [0, 0.05) is 36.0 Å². The quantitative estimate of drug-likeness (QED) is 0.127. The van der Waals surface area contributed by atoms with Crippen molar-refractivity contribution in [2.24, 2.45) is 0 Å². The minimum Gasteiger partial charge on any atom is -0.480 e. The molecule has 0 aliphatic rings. The normalized spacial score (nSPS) is 10.7. The minimum absolute atomic E-state index is 0.0286. The number of nitrogens with zero attached hydrogens (tertiary/aromatic N) is 3. The molecule has 0 spiro atoms. The highest BCUT2D eigenvalue weighted by molar-refractivity contribution is 6.30. The smallest absolute Gasteiger partial charge is 0.416 e. The van der Waals surface area contributed by atoms with Gasteiger partial charge in [-0.25, -0.2) is 19.7 Å².